The van der Waals surface area contributed by atoms with Gasteiger partial charge in [-0.15, -0.1) is 0 Å². The molecular weight excluding hydrogens is 247 g/mol. The highest BCUT2D eigenvalue weighted by molar-refractivity contribution is 5.83. The Balaban J connectivity index is 2.54. The highest BCUT2D eigenvalue weighted by Gasteiger charge is 2.32. The molecule has 0 amide bonds. The Hall–Kier alpha value is -2.18. The predicted molar refractivity (Wildman–Crippen MR) is 56.8 cm³/mol. The zero-order valence-electron chi connectivity index (χ0n) is 9.27. The third kappa shape index (κ3) is 2.24. The molecule has 0 aliphatic heterocycles. The molecule has 0 unspecified atom stereocenters. The van der Waals surface area contributed by atoms with Crippen LogP contribution in [-0.4, -0.2) is 21.1 Å². The van der Waals surface area contributed by atoms with Gasteiger partial charge in [-0.25, -0.2) is 4.98 Å². The Morgan fingerprint density at radius 1 is 1.33 bits per heavy atom. The predicted octanol–water partition coefficient (Wildman–Crippen LogP) is 2.31. The summed E-state index contributed by atoms with van der Waals surface area (Å²) in [5.74, 6) is 0. The van der Waals surface area contributed by atoms with E-state index in [2.05, 4.69) is 10.1 Å². The van der Waals surface area contributed by atoms with Crippen molar-refractivity contribution in [2.45, 2.75) is 6.18 Å². The van der Waals surface area contributed by atoms with Gasteiger partial charge in [0.1, 0.15) is 11.4 Å². The van der Waals surface area contributed by atoms with E-state index in [0.29, 0.717) is 6.29 Å². The van der Waals surface area contributed by atoms with E-state index in [9.17, 15) is 18.0 Å². The van der Waals surface area contributed by atoms with E-state index in [1.807, 2.05) is 0 Å². The van der Waals surface area contributed by atoms with E-state index in [1.54, 1.807) is 7.05 Å². The van der Waals surface area contributed by atoms with Crippen molar-refractivity contribution < 1.29 is 18.0 Å². The number of carbonyl (C=O) groups is 1. The largest absolute Gasteiger partial charge is 0.433 e. The molecule has 0 N–H and O–H groups in total. The lowest BCUT2D eigenvalue weighted by Crippen LogP contribution is -2.08. The average Bonchev–Trinajstić information content (AvgIpc) is 2.69. The number of rotatable bonds is 2. The molecule has 7 heteroatoms. The fraction of sp³-hybridized carbons (Fsp3) is 0.182. The van der Waals surface area contributed by atoms with E-state index in [4.69, 9.17) is 0 Å². The summed E-state index contributed by atoms with van der Waals surface area (Å²) in [6.07, 6.45) is -2.58. The summed E-state index contributed by atoms with van der Waals surface area (Å²) in [5.41, 5.74) is -0.594. The smallest absolute Gasteiger partial charge is 0.296 e. The van der Waals surface area contributed by atoms with Gasteiger partial charge in [-0.2, -0.15) is 18.3 Å². The number of aryl methyl sites for hydroxylation is 1. The fourth-order valence-electron chi connectivity index (χ4n) is 1.53. The highest BCUT2D eigenvalue weighted by Crippen LogP contribution is 2.29. The zero-order valence-corrected chi connectivity index (χ0v) is 9.27. The maximum atomic E-state index is 12.5. The van der Waals surface area contributed by atoms with Crippen molar-refractivity contribution in [1.82, 2.24) is 14.8 Å². The summed E-state index contributed by atoms with van der Waals surface area (Å²) in [4.78, 5) is 14.3. The van der Waals surface area contributed by atoms with Gasteiger partial charge in [0.25, 0.3) is 0 Å². The third-order valence-corrected chi connectivity index (χ3v) is 2.28. The van der Waals surface area contributed by atoms with Crippen LogP contribution in [0.25, 0.3) is 11.3 Å². The Bertz CT molecular complexity index is 589. The van der Waals surface area contributed by atoms with E-state index >= 15 is 0 Å². The Kier molecular flexibility index (Phi) is 2.90. The summed E-state index contributed by atoms with van der Waals surface area (Å²) < 4.78 is 38.9. The monoisotopic (exact) mass is 255 g/mol. The molecule has 94 valence electrons. The number of aldehydes is 1. The van der Waals surface area contributed by atoms with Crippen molar-refractivity contribution in [3.63, 3.8) is 0 Å². The van der Waals surface area contributed by atoms with Crippen LogP contribution in [0.5, 0.6) is 0 Å². The number of alkyl halides is 3. The van der Waals surface area contributed by atoms with Crippen molar-refractivity contribution in [3.05, 3.63) is 35.8 Å². The molecule has 0 bridgehead atoms. The zero-order chi connectivity index (χ0) is 13.3. The number of pyridine rings is 1. The van der Waals surface area contributed by atoms with E-state index in [-0.39, 0.29) is 17.0 Å². The van der Waals surface area contributed by atoms with Crippen LogP contribution in [0.1, 0.15) is 16.2 Å². The number of nitrogens with zero attached hydrogens (tertiary/aromatic N) is 3. The molecule has 0 atom stereocenters. The van der Waals surface area contributed by atoms with Crippen molar-refractivity contribution in [2.24, 2.45) is 7.05 Å². The maximum Gasteiger partial charge on any atom is 0.433 e. The second kappa shape index (κ2) is 4.25. The normalized spacial score (nSPS) is 11.6. The van der Waals surface area contributed by atoms with Crippen LogP contribution >= 0.6 is 0 Å². The molecule has 0 aliphatic rings. The first-order chi connectivity index (χ1) is 8.41. The minimum absolute atomic E-state index is 0.0596. The first-order valence-corrected chi connectivity index (χ1v) is 4.95. The second-order valence-electron chi connectivity index (χ2n) is 3.63. The fourth-order valence-corrected chi connectivity index (χ4v) is 1.53. The molecule has 0 fully saturated rings. The lowest BCUT2D eigenvalue weighted by molar-refractivity contribution is -0.141. The van der Waals surface area contributed by atoms with E-state index < -0.39 is 11.9 Å². The van der Waals surface area contributed by atoms with Crippen molar-refractivity contribution in [3.8, 4) is 11.3 Å². The Morgan fingerprint density at radius 2 is 2.06 bits per heavy atom. The van der Waals surface area contributed by atoms with Crippen molar-refractivity contribution >= 4 is 6.29 Å². The maximum absolute atomic E-state index is 12.5. The van der Waals surface area contributed by atoms with Gasteiger partial charge in [-0.05, 0) is 12.1 Å². The van der Waals surface area contributed by atoms with Crippen LogP contribution in [0.3, 0.4) is 0 Å². The Labute approximate surface area is 100 Å². The van der Waals surface area contributed by atoms with Gasteiger partial charge < -0.3 is 0 Å². The first kappa shape index (κ1) is 12.3. The molecule has 0 saturated heterocycles. The van der Waals surface area contributed by atoms with Gasteiger partial charge in [0.05, 0.1) is 5.69 Å². The standard InChI is InChI=1S/C11H8F3N3O/c1-17-5-7(9(6-18)16-17)8-3-2-4-10(15-8)11(12,13)14/h2-6H,1H3. The topological polar surface area (TPSA) is 47.8 Å². The van der Waals surface area contributed by atoms with Crippen molar-refractivity contribution in [1.29, 1.82) is 0 Å². The van der Waals surface area contributed by atoms with Gasteiger partial charge in [0.15, 0.2) is 6.29 Å². The van der Waals surface area contributed by atoms with Gasteiger partial charge in [-0.1, -0.05) is 6.07 Å². The molecule has 0 aliphatic carbocycles. The van der Waals surface area contributed by atoms with E-state index in [1.165, 1.54) is 23.0 Å². The molecule has 2 heterocycles. The molecule has 0 spiro atoms. The van der Waals surface area contributed by atoms with Crippen LogP contribution in [0, 0.1) is 0 Å². The van der Waals surface area contributed by atoms with Crippen LogP contribution in [-0.2, 0) is 13.2 Å². The first-order valence-electron chi connectivity index (χ1n) is 4.95. The van der Waals surface area contributed by atoms with Crippen LogP contribution < -0.4 is 0 Å². The summed E-state index contributed by atoms with van der Waals surface area (Å²) in [7, 11) is 1.57. The van der Waals surface area contributed by atoms with Gasteiger partial charge in [0.2, 0.25) is 0 Å². The van der Waals surface area contributed by atoms with Gasteiger partial charge in [0, 0.05) is 18.8 Å². The van der Waals surface area contributed by atoms with Crippen molar-refractivity contribution in [2.75, 3.05) is 0 Å². The summed E-state index contributed by atoms with van der Waals surface area (Å²) >= 11 is 0. The minimum atomic E-state index is -4.51. The molecule has 2 rings (SSSR count). The Morgan fingerprint density at radius 3 is 2.67 bits per heavy atom. The molecule has 0 saturated carbocycles. The van der Waals surface area contributed by atoms with Gasteiger partial charge in [-0.3, -0.25) is 9.48 Å². The second-order valence-corrected chi connectivity index (χ2v) is 3.63. The molecule has 2 aromatic rings. The third-order valence-electron chi connectivity index (χ3n) is 2.28. The van der Waals surface area contributed by atoms with Gasteiger partial charge >= 0.3 is 6.18 Å². The summed E-state index contributed by atoms with van der Waals surface area (Å²) in [5, 5.41) is 3.82. The number of aromatic nitrogens is 3. The lowest BCUT2D eigenvalue weighted by Gasteiger charge is -2.06. The summed E-state index contributed by atoms with van der Waals surface area (Å²) in [6, 6.07) is 3.52. The molecule has 2 aromatic heterocycles. The van der Waals surface area contributed by atoms with Crippen LogP contribution in [0.15, 0.2) is 24.4 Å². The minimum Gasteiger partial charge on any atom is -0.296 e. The lowest BCUT2D eigenvalue weighted by atomic mass is 10.1. The molecule has 4 nitrogen and oxygen atoms in total. The number of halogens is 3. The number of hydrogen-bond donors (Lipinski definition) is 0. The van der Waals surface area contributed by atoms with Crippen LogP contribution in [0.4, 0.5) is 13.2 Å². The number of hydrogen-bond acceptors (Lipinski definition) is 3. The highest BCUT2D eigenvalue weighted by atomic mass is 19.4. The van der Waals surface area contributed by atoms with E-state index in [0.717, 1.165) is 6.07 Å². The van der Waals surface area contributed by atoms with Crippen LogP contribution in [0.2, 0.25) is 0 Å². The molecule has 0 aromatic carbocycles. The molecule has 18 heavy (non-hydrogen) atoms. The molecule has 0 radical (unpaired) electrons. The molecular formula is C11H8F3N3O. The SMILES string of the molecule is Cn1cc(-c2cccc(C(F)(F)F)n2)c(C=O)n1. The quantitative estimate of drug-likeness (QED) is 0.774. The summed E-state index contributed by atoms with van der Waals surface area (Å²) in [6.45, 7) is 0. The number of carbonyl (C=O) groups excluding carboxylic acids is 1. The average molecular weight is 255 g/mol.